The van der Waals surface area contributed by atoms with Crippen molar-refractivity contribution >= 4 is 17.7 Å². The van der Waals surface area contributed by atoms with Crippen LogP contribution >= 0.6 is 0 Å². The summed E-state index contributed by atoms with van der Waals surface area (Å²) >= 11 is 0. The van der Waals surface area contributed by atoms with E-state index < -0.39 is 17.7 Å². The molecule has 1 saturated heterocycles. The van der Waals surface area contributed by atoms with Crippen LogP contribution in [0.25, 0.3) is 0 Å². The van der Waals surface area contributed by atoms with Gasteiger partial charge < -0.3 is 20.1 Å². The number of unbranched alkanes of at least 4 members (excludes halogenated alkanes) is 1. The van der Waals surface area contributed by atoms with Gasteiger partial charge in [0.15, 0.2) is 0 Å². The Kier molecular flexibility index (Phi) is 8.03. The largest absolute Gasteiger partial charge is 0.496 e. The molecule has 172 valence electrons. The van der Waals surface area contributed by atoms with Gasteiger partial charge in [0.05, 0.1) is 12.8 Å². The number of halogens is 2. The van der Waals surface area contributed by atoms with Gasteiger partial charge in [-0.1, -0.05) is 18.2 Å². The van der Waals surface area contributed by atoms with Gasteiger partial charge in [-0.05, 0) is 61.3 Å². The van der Waals surface area contributed by atoms with E-state index in [0.29, 0.717) is 37.9 Å². The Balaban J connectivity index is 1.54. The number of carbonyl (C=O) groups excluding carboxylic acids is 1. The molecule has 0 aromatic heterocycles. The van der Waals surface area contributed by atoms with Crippen molar-refractivity contribution in [2.24, 2.45) is 0 Å². The highest BCUT2D eigenvalue weighted by Crippen LogP contribution is 2.33. The molecule has 2 amide bonds. The van der Waals surface area contributed by atoms with Crippen molar-refractivity contribution in [2.75, 3.05) is 25.5 Å². The molecule has 0 aliphatic carbocycles. The number of anilines is 1. The van der Waals surface area contributed by atoms with Crippen molar-refractivity contribution in [1.29, 1.82) is 0 Å². The van der Waals surface area contributed by atoms with E-state index >= 15 is 0 Å². The molecule has 0 unspecified atom stereocenters. The lowest BCUT2D eigenvalue weighted by Crippen LogP contribution is -2.37. The molecular formula is C24H28F2N2O4. The maximum Gasteiger partial charge on any atom is 0.407 e. The minimum atomic E-state index is -0.998. The minimum Gasteiger partial charge on any atom is -0.496 e. The molecule has 2 N–H and O–H groups in total. The van der Waals surface area contributed by atoms with Crippen LogP contribution in [0.1, 0.15) is 49.1 Å². The number of rotatable bonds is 8. The highest BCUT2D eigenvalue weighted by molar-refractivity contribution is 5.90. The topological polar surface area (TPSA) is 78.9 Å². The van der Waals surface area contributed by atoms with Crippen LogP contribution in [0.15, 0.2) is 36.4 Å². The third kappa shape index (κ3) is 5.96. The highest BCUT2D eigenvalue weighted by atomic mass is 19.1. The number of likely N-dealkylation sites (tertiary alicyclic amines) is 1. The molecule has 0 atom stereocenters. The van der Waals surface area contributed by atoms with Crippen LogP contribution in [0.3, 0.4) is 0 Å². The number of benzene rings is 2. The van der Waals surface area contributed by atoms with E-state index in [2.05, 4.69) is 5.32 Å². The van der Waals surface area contributed by atoms with Crippen molar-refractivity contribution in [3.05, 3.63) is 59.2 Å². The SMILES string of the molecule is COc1ccccc1CCCCC(=O)Nc1cc(C2CCN(C(=O)O)CC2)c(F)cc1F. The fourth-order valence-corrected chi connectivity index (χ4v) is 4.08. The quantitative estimate of drug-likeness (QED) is 0.548. The second kappa shape index (κ2) is 10.9. The van der Waals surface area contributed by atoms with Gasteiger partial charge in [0.2, 0.25) is 5.91 Å². The third-order valence-electron chi connectivity index (χ3n) is 5.86. The molecule has 0 saturated carbocycles. The number of nitrogens with zero attached hydrogens (tertiary/aromatic N) is 1. The first-order chi connectivity index (χ1) is 15.4. The average molecular weight is 446 g/mol. The molecule has 1 aliphatic heterocycles. The molecule has 1 fully saturated rings. The van der Waals surface area contributed by atoms with E-state index in [9.17, 15) is 18.4 Å². The van der Waals surface area contributed by atoms with E-state index in [1.54, 1.807) is 7.11 Å². The molecule has 1 heterocycles. The summed E-state index contributed by atoms with van der Waals surface area (Å²) in [4.78, 5) is 24.7. The Hall–Kier alpha value is -3.16. The monoisotopic (exact) mass is 446 g/mol. The summed E-state index contributed by atoms with van der Waals surface area (Å²) < 4.78 is 34.0. The number of carboxylic acid groups (broad SMARTS) is 1. The Morgan fingerprint density at radius 2 is 1.84 bits per heavy atom. The Morgan fingerprint density at radius 3 is 2.53 bits per heavy atom. The molecule has 0 bridgehead atoms. The summed E-state index contributed by atoms with van der Waals surface area (Å²) in [6, 6.07) is 9.84. The minimum absolute atomic E-state index is 0.0446. The first kappa shape index (κ1) is 23.5. The molecule has 2 aromatic carbocycles. The lowest BCUT2D eigenvalue weighted by Gasteiger charge is -2.30. The number of carbonyl (C=O) groups is 2. The second-order valence-corrected chi connectivity index (χ2v) is 7.96. The summed E-state index contributed by atoms with van der Waals surface area (Å²) in [7, 11) is 1.62. The zero-order chi connectivity index (χ0) is 23.1. The van der Waals surface area contributed by atoms with Crippen molar-refractivity contribution in [1.82, 2.24) is 4.90 Å². The smallest absolute Gasteiger partial charge is 0.407 e. The fourth-order valence-electron chi connectivity index (χ4n) is 4.08. The normalized spacial score (nSPS) is 14.3. The van der Waals surface area contributed by atoms with E-state index in [-0.39, 0.29) is 23.9 Å². The van der Waals surface area contributed by atoms with Crippen molar-refractivity contribution in [2.45, 2.75) is 44.4 Å². The molecule has 32 heavy (non-hydrogen) atoms. The van der Waals surface area contributed by atoms with Gasteiger partial charge in [0.1, 0.15) is 17.4 Å². The summed E-state index contributed by atoms with van der Waals surface area (Å²) in [5, 5.41) is 11.6. The number of hydrogen-bond acceptors (Lipinski definition) is 3. The predicted octanol–water partition coefficient (Wildman–Crippen LogP) is 5.18. The second-order valence-electron chi connectivity index (χ2n) is 7.96. The van der Waals surface area contributed by atoms with Crippen LogP contribution in [0.2, 0.25) is 0 Å². The first-order valence-corrected chi connectivity index (χ1v) is 10.8. The van der Waals surface area contributed by atoms with Crippen molar-refractivity contribution in [3.63, 3.8) is 0 Å². The van der Waals surface area contributed by atoms with Gasteiger partial charge in [-0.3, -0.25) is 4.79 Å². The average Bonchev–Trinajstić information content (AvgIpc) is 2.79. The van der Waals surface area contributed by atoms with Crippen LogP contribution < -0.4 is 10.1 Å². The van der Waals surface area contributed by atoms with E-state index in [4.69, 9.17) is 9.84 Å². The number of nitrogens with one attached hydrogen (secondary N) is 1. The number of amides is 2. The summed E-state index contributed by atoms with van der Waals surface area (Å²) in [5.74, 6) is -1.24. The Labute approximate surface area is 186 Å². The number of aryl methyl sites for hydroxylation is 1. The summed E-state index contributed by atoms with van der Waals surface area (Å²) in [5.41, 5.74) is 1.33. The van der Waals surface area contributed by atoms with Gasteiger partial charge in [0, 0.05) is 25.6 Å². The van der Waals surface area contributed by atoms with Crippen molar-refractivity contribution in [3.8, 4) is 5.75 Å². The lowest BCUT2D eigenvalue weighted by atomic mass is 9.89. The first-order valence-electron chi connectivity index (χ1n) is 10.8. The number of para-hydroxylation sites is 1. The maximum atomic E-state index is 14.4. The van der Waals surface area contributed by atoms with Crippen LogP contribution in [-0.2, 0) is 11.2 Å². The van der Waals surface area contributed by atoms with Gasteiger partial charge in [-0.25, -0.2) is 13.6 Å². The fraction of sp³-hybridized carbons (Fsp3) is 0.417. The maximum absolute atomic E-state index is 14.4. The number of methoxy groups -OCH3 is 1. The molecule has 6 nitrogen and oxygen atoms in total. The third-order valence-corrected chi connectivity index (χ3v) is 5.86. The molecule has 0 spiro atoms. The zero-order valence-electron chi connectivity index (χ0n) is 18.1. The zero-order valence-corrected chi connectivity index (χ0v) is 18.1. The Morgan fingerprint density at radius 1 is 1.12 bits per heavy atom. The van der Waals surface area contributed by atoms with Crippen molar-refractivity contribution < 1.29 is 28.2 Å². The summed E-state index contributed by atoms with van der Waals surface area (Å²) in [6.45, 7) is 0.593. The van der Waals surface area contributed by atoms with Gasteiger partial charge in [0.25, 0.3) is 0 Å². The van der Waals surface area contributed by atoms with Crippen LogP contribution in [0, 0.1) is 11.6 Å². The summed E-state index contributed by atoms with van der Waals surface area (Å²) in [6.07, 6.45) is 2.28. The van der Waals surface area contributed by atoms with Crippen LogP contribution in [-0.4, -0.2) is 42.2 Å². The highest BCUT2D eigenvalue weighted by Gasteiger charge is 2.26. The van der Waals surface area contributed by atoms with Crippen LogP contribution in [0.4, 0.5) is 19.3 Å². The van der Waals surface area contributed by atoms with E-state index in [1.165, 1.54) is 11.0 Å². The van der Waals surface area contributed by atoms with E-state index in [0.717, 1.165) is 30.2 Å². The van der Waals surface area contributed by atoms with Gasteiger partial charge >= 0.3 is 6.09 Å². The van der Waals surface area contributed by atoms with E-state index in [1.807, 2.05) is 24.3 Å². The van der Waals surface area contributed by atoms with Crippen LogP contribution in [0.5, 0.6) is 5.75 Å². The number of hydrogen-bond donors (Lipinski definition) is 2. The molecular weight excluding hydrogens is 418 g/mol. The van der Waals surface area contributed by atoms with Gasteiger partial charge in [-0.15, -0.1) is 0 Å². The molecule has 1 aliphatic rings. The molecule has 8 heteroatoms. The molecule has 3 rings (SSSR count). The molecule has 2 aromatic rings. The van der Waals surface area contributed by atoms with Gasteiger partial charge in [-0.2, -0.15) is 0 Å². The number of piperidine rings is 1. The standard InChI is InChI=1S/C24H28F2N2O4/c1-32-22-8-4-2-6-17(22)7-3-5-9-23(29)27-21-14-18(19(25)15-20(21)26)16-10-12-28(13-11-16)24(30)31/h2,4,6,8,14-16H,3,5,7,9-13H2,1H3,(H,27,29)(H,30,31). The molecule has 0 radical (unpaired) electrons. The lowest BCUT2D eigenvalue weighted by molar-refractivity contribution is -0.116. The predicted molar refractivity (Wildman–Crippen MR) is 117 cm³/mol. The number of ether oxygens (including phenoxy) is 1. The Bertz CT molecular complexity index is 959.